The van der Waals surface area contributed by atoms with Gasteiger partial charge in [-0.1, -0.05) is 19.9 Å². The molecule has 2 rings (SSSR count). The Morgan fingerprint density at radius 2 is 1.87 bits per heavy atom. The van der Waals surface area contributed by atoms with E-state index in [1.54, 1.807) is 6.07 Å². The molecule has 1 aliphatic carbocycles. The van der Waals surface area contributed by atoms with Gasteiger partial charge in [0.25, 0.3) is 0 Å². The van der Waals surface area contributed by atoms with E-state index in [1.165, 1.54) is 6.07 Å². The fourth-order valence-corrected chi connectivity index (χ4v) is 1.71. The smallest absolute Gasteiger partial charge is 0.163 e. The molecule has 1 aromatic carbocycles. The van der Waals surface area contributed by atoms with Crippen molar-refractivity contribution in [2.45, 2.75) is 38.1 Å². The van der Waals surface area contributed by atoms with Gasteiger partial charge in [-0.05, 0) is 30.4 Å². The second-order valence-electron chi connectivity index (χ2n) is 4.68. The molecule has 0 radical (unpaired) electrons. The highest BCUT2D eigenvalue weighted by molar-refractivity contribution is 5.36. The van der Waals surface area contributed by atoms with E-state index in [0.717, 1.165) is 18.4 Å². The predicted molar refractivity (Wildman–Crippen MR) is 55.5 cm³/mol. The van der Waals surface area contributed by atoms with Crippen molar-refractivity contribution in [2.24, 2.45) is 5.73 Å². The fourth-order valence-electron chi connectivity index (χ4n) is 1.71. The van der Waals surface area contributed by atoms with Crippen molar-refractivity contribution >= 4 is 0 Å². The van der Waals surface area contributed by atoms with Crippen LogP contribution in [0.2, 0.25) is 0 Å². The topological polar surface area (TPSA) is 26.0 Å². The number of benzene rings is 1. The third-order valence-electron chi connectivity index (χ3n) is 3.04. The lowest BCUT2D eigenvalue weighted by atomic mass is 9.96. The lowest BCUT2D eigenvalue weighted by Crippen LogP contribution is -2.21. The molecular weight excluding hydrogens is 196 g/mol. The highest BCUT2D eigenvalue weighted by Crippen LogP contribution is 2.44. The van der Waals surface area contributed by atoms with E-state index in [2.05, 4.69) is 0 Å². The lowest BCUT2D eigenvalue weighted by molar-refractivity contribution is 0.483. The molecule has 15 heavy (non-hydrogen) atoms. The Hall–Kier alpha value is -0.960. The fraction of sp³-hybridized carbons (Fsp3) is 0.500. The van der Waals surface area contributed by atoms with Gasteiger partial charge in [0, 0.05) is 11.1 Å². The largest absolute Gasteiger partial charge is 0.321 e. The summed E-state index contributed by atoms with van der Waals surface area (Å²) in [6.07, 6.45) is 1.48. The van der Waals surface area contributed by atoms with Crippen LogP contribution in [-0.4, -0.2) is 0 Å². The van der Waals surface area contributed by atoms with Crippen molar-refractivity contribution in [3.8, 4) is 0 Å². The quantitative estimate of drug-likeness (QED) is 0.799. The van der Waals surface area contributed by atoms with E-state index in [0.29, 0.717) is 5.56 Å². The molecule has 0 aliphatic heterocycles. The van der Waals surface area contributed by atoms with Gasteiger partial charge in [0.15, 0.2) is 11.6 Å². The maximum Gasteiger partial charge on any atom is 0.163 e. The molecule has 82 valence electrons. The molecule has 0 bridgehead atoms. The van der Waals surface area contributed by atoms with Crippen LogP contribution in [0.1, 0.15) is 43.7 Å². The molecule has 1 nitrogen and oxygen atoms in total. The monoisotopic (exact) mass is 211 g/mol. The Morgan fingerprint density at radius 1 is 1.27 bits per heavy atom. The summed E-state index contributed by atoms with van der Waals surface area (Å²) in [5, 5.41) is 0. The highest BCUT2D eigenvalue weighted by Gasteiger charge is 2.43. The minimum atomic E-state index is -0.784. The Kier molecular flexibility index (Phi) is 2.30. The van der Waals surface area contributed by atoms with Crippen molar-refractivity contribution in [3.63, 3.8) is 0 Å². The maximum absolute atomic E-state index is 13.5. The highest BCUT2D eigenvalue weighted by atomic mass is 19.2. The maximum atomic E-state index is 13.5. The normalized spacial score (nSPS) is 18.3. The first kappa shape index (κ1) is 10.6. The predicted octanol–water partition coefficient (Wildman–Crippen LogP) is 3.04. The summed E-state index contributed by atoms with van der Waals surface area (Å²) in [4.78, 5) is 0. The van der Waals surface area contributed by atoms with Gasteiger partial charge < -0.3 is 5.73 Å². The van der Waals surface area contributed by atoms with E-state index in [1.807, 2.05) is 13.8 Å². The number of rotatable bonds is 2. The average molecular weight is 211 g/mol. The molecule has 2 N–H and O–H groups in total. The van der Waals surface area contributed by atoms with Crippen LogP contribution in [0.3, 0.4) is 0 Å². The van der Waals surface area contributed by atoms with Crippen LogP contribution < -0.4 is 5.73 Å². The minimum Gasteiger partial charge on any atom is -0.321 e. The zero-order chi connectivity index (χ0) is 11.2. The average Bonchev–Trinajstić information content (AvgIpc) is 2.89. The van der Waals surface area contributed by atoms with Crippen LogP contribution in [0.15, 0.2) is 12.1 Å². The van der Waals surface area contributed by atoms with Gasteiger partial charge in [-0.25, -0.2) is 8.78 Å². The van der Waals surface area contributed by atoms with Gasteiger partial charge in [-0.3, -0.25) is 0 Å². The number of hydrogen-bond acceptors (Lipinski definition) is 1. The van der Waals surface area contributed by atoms with Gasteiger partial charge in [-0.2, -0.15) is 0 Å². The van der Waals surface area contributed by atoms with E-state index in [9.17, 15) is 8.78 Å². The summed E-state index contributed by atoms with van der Waals surface area (Å²) in [7, 11) is 0. The Bertz CT molecular complexity index is 395. The Balaban J connectivity index is 2.53. The van der Waals surface area contributed by atoms with Crippen LogP contribution in [0.25, 0.3) is 0 Å². The van der Waals surface area contributed by atoms with Crippen molar-refractivity contribution < 1.29 is 8.78 Å². The van der Waals surface area contributed by atoms with Gasteiger partial charge in [-0.15, -0.1) is 0 Å². The molecule has 0 spiro atoms. The van der Waals surface area contributed by atoms with E-state index in [-0.39, 0.29) is 5.92 Å². The van der Waals surface area contributed by atoms with Crippen LogP contribution in [0.5, 0.6) is 0 Å². The van der Waals surface area contributed by atoms with Crippen molar-refractivity contribution in [2.75, 3.05) is 0 Å². The van der Waals surface area contributed by atoms with Gasteiger partial charge >= 0.3 is 0 Å². The molecule has 0 unspecified atom stereocenters. The van der Waals surface area contributed by atoms with E-state index >= 15 is 0 Å². The van der Waals surface area contributed by atoms with Crippen LogP contribution >= 0.6 is 0 Å². The first-order chi connectivity index (χ1) is 6.94. The van der Waals surface area contributed by atoms with Gasteiger partial charge in [0.1, 0.15) is 0 Å². The second-order valence-corrected chi connectivity index (χ2v) is 4.68. The van der Waals surface area contributed by atoms with Crippen molar-refractivity contribution in [1.29, 1.82) is 0 Å². The molecule has 0 saturated heterocycles. The molecule has 3 heteroatoms. The molecule has 1 saturated carbocycles. The Labute approximate surface area is 88.3 Å². The zero-order valence-corrected chi connectivity index (χ0v) is 8.98. The van der Waals surface area contributed by atoms with Crippen LogP contribution in [0, 0.1) is 11.6 Å². The summed E-state index contributed by atoms with van der Waals surface area (Å²) in [6.45, 7) is 3.90. The molecule has 0 amide bonds. The first-order valence-electron chi connectivity index (χ1n) is 5.22. The van der Waals surface area contributed by atoms with Crippen molar-refractivity contribution in [3.05, 3.63) is 34.9 Å². The number of nitrogens with two attached hydrogens (primary N) is 1. The SMILES string of the molecule is CC(C)c1cc(F)c(F)c(C2(N)CC2)c1. The summed E-state index contributed by atoms with van der Waals surface area (Å²) in [5.41, 5.74) is 6.43. The molecule has 1 fully saturated rings. The molecule has 0 atom stereocenters. The number of halogens is 2. The molecule has 1 aliphatic rings. The second kappa shape index (κ2) is 3.27. The van der Waals surface area contributed by atoms with Crippen LogP contribution in [0.4, 0.5) is 8.78 Å². The van der Waals surface area contributed by atoms with Crippen LogP contribution in [-0.2, 0) is 5.54 Å². The molecular formula is C12H15F2N. The lowest BCUT2D eigenvalue weighted by Gasteiger charge is -2.14. The van der Waals surface area contributed by atoms with Gasteiger partial charge in [0.2, 0.25) is 0 Å². The standard InChI is InChI=1S/C12H15F2N/c1-7(2)8-5-9(12(15)3-4-12)11(14)10(13)6-8/h5-7H,3-4,15H2,1-2H3. The third kappa shape index (κ3) is 1.76. The third-order valence-corrected chi connectivity index (χ3v) is 3.04. The summed E-state index contributed by atoms with van der Waals surface area (Å²) < 4.78 is 26.9. The molecule has 0 aromatic heterocycles. The van der Waals surface area contributed by atoms with E-state index < -0.39 is 17.2 Å². The molecule has 0 heterocycles. The van der Waals surface area contributed by atoms with Gasteiger partial charge in [0.05, 0.1) is 0 Å². The first-order valence-corrected chi connectivity index (χ1v) is 5.22. The summed E-state index contributed by atoms with van der Waals surface area (Å²) in [6, 6.07) is 2.96. The van der Waals surface area contributed by atoms with E-state index in [4.69, 9.17) is 5.73 Å². The summed E-state index contributed by atoms with van der Waals surface area (Å²) >= 11 is 0. The summed E-state index contributed by atoms with van der Waals surface area (Å²) in [5.74, 6) is -1.38. The molecule has 1 aromatic rings. The number of hydrogen-bond donors (Lipinski definition) is 1. The van der Waals surface area contributed by atoms with Crippen molar-refractivity contribution in [1.82, 2.24) is 0 Å². The Morgan fingerprint density at radius 3 is 2.33 bits per heavy atom. The minimum absolute atomic E-state index is 0.182. The zero-order valence-electron chi connectivity index (χ0n) is 8.98.